The molecule has 0 fully saturated rings. The summed E-state index contributed by atoms with van der Waals surface area (Å²) >= 11 is 6.15. The molecule has 140 valence electrons. The second-order valence-corrected chi connectivity index (χ2v) is 6.48. The second-order valence-electron chi connectivity index (χ2n) is 6.07. The van der Waals surface area contributed by atoms with E-state index in [2.05, 4.69) is 15.5 Å². The van der Waals surface area contributed by atoms with Gasteiger partial charge in [0.15, 0.2) is 0 Å². The zero-order valence-electron chi connectivity index (χ0n) is 15.0. The van der Waals surface area contributed by atoms with Crippen LogP contribution in [0.15, 0.2) is 65.2 Å². The zero-order chi connectivity index (χ0) is 19.5. The van der Waals surface area contributed by atoms with Gasteiger partial charge in [0.05, 0.1) is 24.2 Å². The summed E-state index contributed by atoms with van der Waals surface area (Å²) < 4.78 is 10.6. The SMILES string of the molecule is COc1cc2ccccc2cc1C(=O)NCc1nc(-c2ccccc2Cl)no1. The third-order valence-electron chi connectivity index (χ3n) is 4.30. The highest BCUT2D eigenvalue weighted by atomic mass is 35.5. The van der Waals surface area contributed by atoms with Crippen molar-refractivity contribution in [1.82, 2.24) is 15.5 Å². The molecule has 0 saturated heterocycles. The van der Waals surface area contributed by atoms with Crippen LogP contribution in [-0.2, 0) is 6.54 Å². The molecule has 0 unspecified atom stereocenters. The second kappa shape index (κ2) is 7.70. The van der Waals surface area contributed by atoms with Gasteiger partial charge in [0.1, 0.15) is 5.75 Å². The molecule has 0 saturated carbocycles. The standard InChI is InChI=1S/C21H16ClN3O3/c1-27-18-11-14-7-3-2-6-13(14)10-16(18)21(26)23-12-19-24-20(25-28-19)15-8-4-5-9-17(15)22/h2-11H,12H2,1H3,(H,23,26). The number of rotatable bonds is 5. The predicted molar refractivity (Wildman–Crippen MR) is 106 cm³/mol. The van der Waals surface area contributed by atoms with E-state index in [1.165, 1.54) is 7.11 Å². The smallest absolute Gasteiger partial charge is 0.255 e. The average Bonchev–Trinajstić information content (AvgIpc) is 3.20. The van der Waals surface area contributed by atoms with Gasteiger partial charge in [-0.25, -0.2) is 0 Å². The van der Waals surface area contributed by atoms with E-state index in [1.54, 1.807) is 18.2 Å². The largest absolute Gasteiger partial charge is 0.496 e. The minimum absolute atomic E-state index is 0.0896. The summed E-state index contributed by atoms with van der Waals surface area (Å²) in [6.07, 6.45) is 0. The van der Waals surface area contributed by atoms with E-state index in [0.717, 1.165) is 10.8 Å². The Morgan fingerprint density at radius 2 is 1.82 bits per heavy atom. The molecular weight excluding hydrogens is 378 g/mol. The monoisotopic (exact) mass is 393 g/mol. The molecule has 1 aromatic heterocycles. The lowest BCUT2D eigenvalue weighted by Gasteiger charge is -2.10. The molecule has 3 aromatic carbocycles. The van der Waals surface area contributed by atoms with Crippen molar-refractivity contribution in [2.75, 3.05) is 7.11 Å². The fourth-order valence-electron chi connectivity index (χ4n) is 2.90. The van der Waals surface area contributed by atoms with E-state index in [4.69, 9.17) is 20.9 Å². The summed E-state index contributed by atoms with van der Waals surface area (Å²) in [5.74, 6) is 0.861. The van der Waals surface area contributed by atoms with Gasteiger partial charge >= 0.3 is 0 Å². The molecule has 0 radical (unpaired) electrons. The maximum Gasteiger partial charge on any atom is 0.255 e. The molecule has 1 amide bonds. The van der Waals surface area contributed by atoms with Crippen LogP contribution in [0.3, 0.4) is 0 Å². The van der Waals surface area contributed by atoms with Gasteiger partial charge in [0.25, 0.3) is 5.91 Å². The first kappa shape index (κ1) is 18.0. The molecule has 1 N–H and O–H groups in total. The summed E-state index contributed by atoms with van der Waals surface area (Å²) in [7, 11) is 1.54. The molecule has 0 aliphatic rings. The number of fused-ring (bicyclic) bond motifs is 1. The van der Waals surface area contributed by atoms with E-state index in [9.17, 15) is 4.79 Å². The van der Waals surface area contributed by atoms with Gasteiger partial charge in [-0.3, -0.25) is 4.79 Å². The Hall–Kier alpha value is -3.38. The lowest BCUT2D eigenvalue weighted by atomic mass is 10.1. The fourth-order valence-corrected chi connectivity index (χ4v) is 3.12. The number of amides is 1. The summed E-state index contributed by atoms with van der Waals surface area (Å²) in [6.45, 7) is 0.0896. The van der Waals surface area contributed by atoms with Crippen LogP contribution in [0.4, 0.5) is 0 Å². The van der Waals surface area contributed by atoms with Gasteiger partial charge in [-0.05, 0) is 35.0 Å². The Balaban J connectivity index is 1.52. The molecule has 4 rings (SSSR count). The Kier molecular flexibility index (Phi) is 4.95. The van der Waals surface area contributed by atoms with Gasteiger partial charge in [0, 0.05) is 5.56 Å². The van der Waals surface area contributed by atoms with Crippen LogP contribution in [-0.4, -0.2) is 23.2 Å². The van der Waals surface area contributed by atoms with E-state index < -0.39 is 0 Å². The predicted octanol–water partition coefficient (Wildman–Crippen LogP) is 4.48. The third kappa shape index (κ3) is 3.54. The molecule has 7 heteroatoms. The number of hydrogen-bond donors (Lipinski definition) is 1. The zero-order valence-corrected chi connectivity index (χ0v) is 15.7. The van der Waals surface area contributed by atoms with Crippen LogP contribution in [0, 0.1) is 0 Å². The number of nitrogens with one attached hydrogen (secondary N) is 1. The maximum absolute atomic E-state index is 12.7. The average molecular weight is 394 g/mol. The van der Waals surface area contributed by atoms with Crippen LogP contribution >= 0.6 is 11.6 Å². The topological polar surface area (TPSA) is 77.2 Å². The summed E-state index contributed by atoms with van der Waals surface area (Å²) in [5.41, 5.74) is 1.11. The number of halogens is 1. The Morgan fingerprint density at radius 1 is 1.11 bits per heavy atom. The van der Waals surface area contributed by atoms with Crippen molar-refractivity contribution in [3.63, 3.8) is 0 Å². The van der Waals surface area contributed by atoms with Crippen molar-refractivity contribution in [2.24, 2.45) is 0 Å². The molecule has 0 atom stereocenters. The van der Waals surface area contributed by atoms with Gasteiger partial charge in [-0.2, -0.15) is 4.98 Å². The highest BCUT2D eigenvalue weighted by Crippen LogP contribution is 2.27. The Morgan fingerprint density at radius 3 is 2.57 bits per heavy atom. The summed E-state index contributed by atoms with van der Waals surface area (Å²) in [5, 5.41) is 9.19. The lowest BCUT2D eigenvalue weighted by molar-refractivity contribution is 0.0943. The van der Waals surface area contributed by atoms with Crippen molar-refractivity contribution in [3.05, 3.63) is 77.1 Å². The number of carbonyl (C=O) groups is 1. The van der Waals surface area contributed by atoms with Crippen LogP contribution in [0.1, 0.15) is 16.2 Å². The van der Waals surface area contributed by atoms with Crippen LogP contribution in [0.25, 0.3) is 22.2 Å². The number of hydrogen-bond acceptors (Lipinski definition) is 5. The quantitative estimate of drug-likeness (QED) is 0.540. The minimum atomic E-state index is -0.292. The van der Waals surface area contributed by atoms with Gasteiger partial charge < -0.3 is 14.6 Å². The van der Waals surface area contributed by atoms with Crippen LogP contribution in [0.5, 0.6) is 5.75 Å². The maximum atomic E-state index is 12.7. The third-order valence-corrected chi connectivity index (χ3v) is 4.63. The van der Waals surface area contributed by atoms with Crippen LogP contribution < -0.4 is 10.1 Å². The molecule has 0 aliphatic carbocycles. The number of ether oxygens (including phenoxy) is 1. The molecule has 28 heavy (non-hydrogen) atoms. The van der Waals surface area contributed by atoms with E-state index in [0.29, 0.717) is 27.7 Å². The minimum Gasteiger partial charge on any atom is -0.496 e. The first-order valence-electron chi connectivity index (χ1n) is 8.58. The van der Waals surface area contributed by atoms with Crippen LogP contribution in [0.2, 0.25) is 5.02 Å². The number of aromatic nitrogens is 2. The molecule has 6 nitrogen and oxygen atoms in total. The highest BCUT2D eigenvalue weighted by molar-refractivity contribution is 6.33. The first-order chi connectivity index (χ1) is 13.7. The Bertz CT molecular complexity index is 1160. The number of methoxy groups -OCH3 is 1. The van der Waals surface area contributed by atoms with E-state index >= 15 is 0 Å². The summed E-state index contributed by atoms with van der Waals surface area (Å²) in [6, 6.07) is 18.6. The van der Waals surface area contributed by atoms with Gasteiger partial charge in [-0.1, -0.05) is 53.2 Å². The molecule has 0 bridgehead atoms. The number of nitrogens with zero attached hydrogens (tertiary/aromatic N) is 2. The van der Waals surface area contributed by atoms with Crippen molar-refractivity contribution in [1.29, 1.82) is 0 Å². The Labute approximate surface area is 166 Å². The lowest BCUT2D eigenvalue weighted by Crippen LogP contribution is -2.23. The highest BCUT2D eigenvalue weighted by Gasteiger charge is 2.16. The number of benzene rings is 3. The van der Waals surface area contributed by atoms with Crippen molar-refractivity contribution >= 4 is 28.3 Å². The van der Waals surface area contributed by atoms with E-state index in [-0.39, 0.29) is 18.3 Å². The van der Waals surface area contributed by atoms with Gasteiger partial charge in [0.2, 0.25) is 11.7 Å². The number of carbonyl (C=O) groups excluding carboxylic acids is 1. The molecule has 4 aromatic rings. The van der Waals surface area contributed by atoms with Crippen molar-refractivity contribution in [3.8, 4) is 17.1 Å². The van der Waals surface area contributed by atoms with Gasteiger partial charge in [-0.15, -0.1) is 0 Å². The first-order valence-corrected chi connectivity index (χ1v) is 8.96. The van der Waals surface area contributed by atoms with Crippen molar-refractivity contribution < 1.29 is 14.1 Å². The normalized spacial score (nSPS) is 10.8. The molecule has 1 heterocycles. The fraction of sp³-hybridized carbons (Fsp3) is 0.0952. The molecule has 0 aliphatic heterocycles. The molecular formula is C21H16ClN3O3. The summed E-state index contributed by atoms with van der Waals surface area (Å²) in [4.78, 5) is 17.0. The van der Waals surface area contributed by atoms with Crippen molar-refractivity contribution in [2.45, 2.75) is 6.54 Å². The molecule has 0 spiro atoms. The van der Waals surface area contributed by atoms with E-state index in [1.807, 2.05) is 42.5 Å².